The van der Waals surface area contributed by atoms with E-state index in [4.69, 9.17) is 9.47 Å². The molecule has 8 heteroatoms. The summed E-state index contributed by atoms with van der Waals surface area (Å²) in [5.41, 5.74) is 1.77. The number of rotatable bonds is 5. The molecule has 182 valence electrons. The van der Waals surface area contributed by atoms with Crippen LogP contribution in [0.4, 0.5) is 5.69 Å². The van der Waals surface area contributed by atoms with Gasteiger partial charge < -0.3 is 19.3 Å². The van der Waals surface area contributed by atoms with Crippen molar-refractivity contribution in [2.75, 3.05) is 44.8 Å². The largest absolute Gasteiger partial charge is 0.497 e. The van der Waals surface area contributed by atoms with Gasteiger partial charge >= 0.3 is 5.97 Å². The van der Waals surface area contributed by atoms with E-state index in [0.29, 0.717) is 31.7 Å². The number of carbonyl (C=O) groups is 4. The van der Waals surface area contributed by atoms with Crippen molar-refractivity contribution in [1.82, 2.24) is 4.90 Å². The standard InChI is InChI=1S/C28H24N2O6/c1-35-19-11-9-18(10-12-19)29-13-15-30(16-14-29)24(31)17-36-28(34)23-8-4-7-22-25(23)27(33)21-6-3-2-5-20(21)26(22)32/h2-12H,13-17H2,1H3. The number of ketones is 2. The first kappa shape index (κ1) is 23.3. The number of esters is 1. The normalized spacial score (nSPS) is 14.7. The highest BCUT2D eigenvalue weighted by Gasteiger charge is 2.33. The van der Waals surface area contributed by atoms with Crippen LogP contribution in [0.2, 0.25) is 0 Å². The fourth-order valence-electron chi connectivity index (χ4n) is 4.62. The highest BCUT2D eigenvalue weighted by Crippen LogP contribution is 2.30. The Hall–Kier alpha value is -4.46. The van der Waals surface area contributed by atoms with Crippen molar-refractivity contribution < 1.29 is 28.7 Å². The lowest BCUT2D eigenvalue weighted by Gasteiger charge is -2.36. The van der Waals surface area contributed by atoms with Crippen molar-refractivity contribution in [3.8, 4) is 5.75 Å². The average molecular weight is 485 g/mol. The maximum absolute atomic E-state index is 13.1. The van der Waals surface area contributed by atoms with Crippen LogP contribution in [0.1, 0.15) is 42.2 Å². The van der Waals surface area contributed by atoms with Crippen molar-refractivity contribution in [2.24, 2.45) is 0 Å². The van der Waals surface area contributed by atoms with Crippen molar-refractivity contribution in [1.29, 1.82) is 0 Å². The van der Waals surface area contributed by atoms with Gasteiger partial charge in [0.05, 0.1) is 12.7 Å². The van der Waals surface area contributed by atoms with Gasteiger partial charge in [-0.3, -0.25) is 14.4 Å². The Bertz CT molecular complexity index is 1360. The second-order valence-corrected chi connectivity index (χ2v) is 8.57. The first-order chi connectivity index (χ1) is 17.5. The van der Waals surface area contributed by atoms with Crippen LogP contribution < -0.4 is 9.64 Å². The smallest absolute Gasteiger partial charge is 0.339 e. The molecule has 3 aromatic carbocycles. The Labute approximate surface area is 208 Å². The van der Waals surface area contributed by atoms with Gasteiger partial charge in [0, 0.05) is 54.1 Å². The molecule has 8 nitrogen and oxygen atoms in total. The quantitative estimate of drug-likeness (QED) is 0.402. The molecular formula is C28H24N2O6. The third-order valence-electron chi connectivity index (χ3n) is 6.57. The number of hydrogen-bond acceptors (Lipinski definition) is 7. The first-order valence-corrected chi connectivity index (χ1v) is 11.6. The highest BCUT2D eigenvalue weighted by atomic mass is 16.5. The van der Waals surface area contributed by atoms with Gasteiger partial charge in [0.2, 0.25) is 0 Å². The number of carbonyl (C=O) groups excluding carboxylic acids is 4. The molecule has 1 fully saturated rings. The molecular weight excluding hydrogens is 460 g/mol. The summed E-state index contributed by atoms with van der Waals surface area (Å²) < 4.78 is 10.5. The zero-order valence-corrected chi connectivity index (χ0v) is 19.7. The average Bonchev–Trinajstić information content (AvgIpc) is 2.94. The van der Waals surface area contributed by atoms with E-state index in [2.05, 4.69) is 4.90 Å². The molecule has 0 radical (unpaired) electrons. The van der Waals surface area contributed by atoms with Gasteiger partial charge in [-0.15, -0.1) is 0 Å². The van der Waals surface area contributed by atoms with Crippen molar-refractivity contribution in [3.63, 3.8) is 0 Å². The summed E-state index contributed by atoms with van der Waals surface area (Å²) in [5.74, 6) is -1.06. The number of piperazine rings is 1. The summed E-state index contributed by atoms with van der Waals surface area (Å²) >= 11 is 0. The molecule has 1 saturated heterocycles. The van der Waals surface area contributed by atoms with E-state index in [1.54, 1.807) is 36.3 Å². The third-order valence-corrected chi connectivity index (χ3v) is 6.57. The van der Waals surface area contributed by atoms with Gasteiger partial charge in [0.1, 0.15) is 5.75 Å². The van der Waals surface area contributed by atoms with Crippen molar-refractivity contribution >= 4 is 29.1 Å². The molecule has 0 bridgehead atoms. The minimum atomic E-state index is -0.808. The van der Waals surface area contributed by atoms with Crippen LogP contribution >= 0.6 is 0 Å². The van der Waals surface area contributed by atoms with Crippen LogP contribution in [0.5, 0.6) is 5.75 Å². The topological polar surface area (TPSA) is 93.2 Å². The predicted octanol–water partition coefficient (Wildman–Crippen LogP) is 2.98. The maximum Gasteiger partial charge on any atom is 0.339 e. The Morgan fingerprint density at radius 2 is 1.42 bits per heavy atom. The zero-order valence-electron chi connectivity index (χ0n) is 19.7. The van der Waals surface area contributed by atoms with E-state index in [1.807, 2.05) is 24.3 Å². The molecule has 1 amide bonds. The fourth-order valence-corrected chi connectivity index (χ4v) is 4.62. The van der Waals surface area contributed by atoms with Crippen LogP contribution in [-0.4, -0.2) is 68.2 Å². The van der Waals surface area contributed by atoms with Crippen molar-refractivity contribution in [2.45, 2.75) is 0 Å². The molecule has 0 saturated carbocycles. The summed E-state index contributed by atoms with van der Waals surface area (Å²) in [7, 11) is 1.62. The molecule has 0 atom stereocenters. The lowest BCUT2D eigenvalue weighted by Crippen LogP contribution is -2.49. The number of hydrogen-bond donors (Lipinski definition) is 0. The maximum atomic E-state index is 13.1. The number of benzene rings is 3. The first-order valence-electron chi connectivity index (χ1n) is 11.6. The fraction of sp³-hybridized carbons (Fsp3) is 0.214. The monoisotopic (exact) mass is 484 g/mol. The lowest BCUT2D eigenvalue weighted by molar-refractivity contribution is -0.134. The highest BCUT2D eigenvalue weighted by molar-refractivity contribution is 6.30. The number of methoxy groups -OCH3 is 1. The molecule has 1 aliphatic carbocycles. The Morgan fingerprint density at radius 3 is 2.08 bits per heavy atom. The molecule has 0 spiro atoms. The number of nitrogens with zero attached hydrogens (tertiary/aromatic N) is 2. The third kappa shape index (κ3) is 4.22. The summed E-state index contributed by atoms with van der Waals surface area (Å²) in [5, 5.41) is 0. The van der Waals surface area contributed by atoms with Crippen LogP contribution in [0, 0.1) is 0 Å². The van der Waals surface area contributed by atoms with Gasteiger partial charge in [-0.05, 0) is 30.3 Å². The summed E-state index contributed by atoms with van der Waals surface area (Å²) in [6, 6.07) is 18.8. The van der Waals surface area contributed by atoms with Crippen LogP contribution in [0.25, 0.3) is 0 Å². The number of fused-ring (bicyclic) bond motifs is 2. The zero-order chi connectivity index (χ0) is 25.2. The van der Waals surface area contributed by atoms with Gasteiger partial charge in [0.25, 0.3) is 5.91 Å². The van der Waals surface area contributed by atoms with E-state index in [9.17, 15) is 19.2 Å². The molecule has 0 N–H and O–H groups in total. The molecule has 0 aromatic heterocycles. The molecule has 5 rings (SSSR count). The Kier molecular flexibility index (Phi) is 6.25. The van der Waals surface area contributed by atoms with Gasteiger partial charge in [-0.2, -0.15) is 0 Å². The van der Waals surface area contributed by atoms with E-state index < -0.39 is 18.4 Å². The minimum Gasteiger partial charge on any atom is -0.497 e. The Balaban J connectivity index is 1.22. The Morgan fingerprint density at radius 1 is 0.778 bits per heavy atom. The van der Waals surface area contributed by atoms with E-state index in [-0.39, 0.29) is 33.9 Å². The molecule has 1 heterocycles. The van der Waals surface area contributed by atoms with Crippen LogP contribution in [-0.2, 0) is 9.53 Å². The lowest BCUT2D eigenvalue weighted by atomic mass is 9.82. The molecule has 3 aromatic rings. The second-order valence-electron chi connectivity index (χ2n) is 8.57. The van der Waals surface area contributed by atoms with E-state index in [0.717, 1.165) is 11.4 Å². The van der Waals surface area contributed by atoms with Gasteiger partial charge in [-0.25, -0.2) is 4.79 Å². The van der Waals surface area contributed by atoms with Crippen molar-refractivity contribution in [3.05, 3.63) is 94.5 Å². The second kappa shape index (κ2) is 9.65. The summed E-state index contributed by atoms with van der Waals surface area (Å²) in [4.78, 5) is 55.4. The van der Waals surface area contributed by atoms with E-state index in [1.165, 1.54) is 18.2 Å². The molecule has 36 heavy (non-hydrogen) atoms. The summed E-state index contributed by atoms with van der Waals surface area (Å²) in [6.07, 6.45) is 0. The summed E-state index contributed by atoms with van der Waals surface area (Å²) in [6.45, 7) is 1.84. The molecule has 0 unspecified atom stereocenters. The SMILES string of the molecule is COc1ccc(N2CCN(C(=O)COC(=O)c3cccc4c3C(=O)c3ccccc3C4=O)CC2)cc1. The van der Waals surface area contributed by atoms with Gasteiger partial charge in [-0.1, -0.05) is 36.4 Å². The van der Waals surface area contributed by atoms with E-state index >= 15 is 0 Å². The number of amides is 1. The van der Waals surface area contributed by atoms with Crippen LogP contribution in [0.15, 0.2) is 66.7 Å². The van der Waals surface area contributed by atoms with Gasteiger partial charge in [0.15, 0.2) is 18.2 Å². The predicted molar refractivity (Wildman–Crippen MR) is 132 cm³/mol. The van der Waals surface area contributed by atoms with Crippen LogP contribution in [0.3, 0.4) is 0 Å². The number of anilines is 1. The molecule has 2 aliphatic rings. The number of ether oxygens (including phenoxy) is 2. The minimum absolute atomic E-state index is 0.0162. The molecule has 1 aliphatic heterocycles.